The van der Waals surface area contributed by atoms with E-state index in [1.165, 1.54) is 12.1 Å². The Morgan fingerprint density at radius 2 is 1.63 bits per heavy atom. The van der Waals surface area contributed by atoms with Crippen molar-refractivity contribution in [2.24, 2.45) is 0 Å². The van der Waals surface area contributed by atoms with Gasteiger partial charge >= 0.3 is 12.1 Å². The van der Waals surface area contributed by atoms with Gasteiger partial charge in [0.15, 0.2) is 0 Å². The lowest BCUT2D eigenvalue weighted by Crippen LogP contribution is -2.44. The summed E-state index contributed by atoms with van der Waals surface area (Å²) in [6, 6.07) is 18.6. The molecule has 1 atom stereocenters. The molecule has 0 heterocycles. The van der Waals surface area contributed by atoms with Crippen molar-refractivity contribution in [3.63, 3.8) is 0 Å². The van der Waals surface area contributed by atoms with E-state index in [4.69, 9.17) is 9.84 Å². The first kappa shape index (κ1) is 24.4. The SMILES string of the molecule is O=C(O)CCC(NC(=O)OCC1c2ccccc2-c2ccccc21)C(=O)Nc1ccc(Br)c(F)c1. The van der Waals surface area contributed by atoms with Crippen LogP contribution < -0.4 is 10.6 Å². The summed E-state index contributed by atoms with van der Waals surface area (Å²) in [6.45, 7) is 0.0467. The first-order chi connectivity index (χ1) is 16.8. The van der Waals surface area contributed by atoms with Crippen molar-refractivity contribution in [3.8, 4) is 11.1 Å². The number of halogens is 2. The van der Waals surface area contributed by atoms with Crippen LogP contribution in [0.3, 0.4) is 0 Å². The van der Waals surface area contributed by atoms with Crippen LogP contribution in [0.1, 0.15) is 29.9 Å². The predicted molar refractivity (Wildman–Crippen MR) is 132 cm³/mol. The van der Waals surface area contributed by atoms with E-state index < -0.39 is 29.8 Å². The lowest BCUT2D eigenvalue weighted by molar-refractivity contribution is -0.137. The maximum atomic E-state index is 13.8. The average molecular weight is 541 g/mol. The van der Waals surface area contributed by atoms with Gasteiger partial charge in [-0.2, -0.15) is 0 Å². The summed E-state index contributed by atoms with van der Waals surface area (Å²) >= 11 is 3.04. The number of hydrogen-bond acceptors (Lipinski definition) is 4. The first-order valence-corrected chi connectivity index (χ1v) is 11.7. The Bertz CT molecular complexity index is 1240. The fourth-order valence-corrected chi connectivity index (χ4v) is 4.37. The zero-order valence-corrected chi connectivity index (χ0v) is 20.0. The molecule has 9 heteroatoms. The number of anilines is 1. The van der Waals surface area contributed by atoms with Crippen LogP contribution in [0.15, 0.2) is 71.2 Å². The number of carboxylic acids is 1. The second-order valence-electron chi connectivity index (χ2n) is 8.07. The Kier molecular flexibility index (Phi) is 7.45. The molecule has 4 rings (SSSR count). The molecule has 1 aliphatic carbocycles. The van der Waals surface area contributed by atoms with Gasteiger partial charge in [-0.15, -0.1) is 0 Å². The monoisotopic (exact) mass is 540 g/mol. The summed E-state index contributed by atoms with van der Waals surface area (Å²) in [5.74, 6) is -2.53. The molecule has 0 spiro atoms. The maximum absolute atomic E-state index is 13.8. The molecule has 0 saturated heterocycles. The molecule has 0 radical (unpaired) electrons. The quantitative estimate of drug-likeness (QED) is 0.359. The Morgan fingerprint density at radius 3 is 2.23 bits per heavy atom. The minimum Gasteiger partial charge on any atom is -0.481 e. The summed E-state index contributed by atoms with van der Waals surface area (Å²) < 4.78 is 19.5. The number of benzene rings is 3. The smallest absolute Gasteiger partial charge is 0.407 e. The molecule has 0 fully saturated rings. The van der Waals surface area contributed by atoms with E-state index in [0.717, 1.165) is 28.3 Å². The van der Waals surface area contributed by atoms with Crippen LogP contribution in [0.25, 0.3) is 11.1 Å². The van der Waals surface area contributed by atoms with Crippen LogP contribution in [0, 0.1) is 5.82 Å². The van der Waals surface area contributed by atoms with E-state index in [1.807, 2.05) is 48.5 Å². The standard InChI is InChI=1S/C26H22BrFN2O5/c27-21-10-9-15(13-22(21)28)29-25(33)23(11-12-24(31)32)30-26(34)35-14-20-18-7-3-1-5-16(18)17-6-2-4-8-19(17)20/h1-10,13,20,23H,11-12,14H2,(H,29,33)(H,30,34)(H,31,32). The normalized spacial score (nSPS) is 12.9. The number of carboxylic acid groups (broad SMARTS) is 1. The van der Waals surface area contributed by atoms with Crippen molar-refractivity contribution < 1.29 is 28.6 Å². The van der Waals surface area contributed by atoms with Gasteiger partial charge in [0, 0.05) is 18.0 Å². The van der Waals surface area contributed by atoms with E-state index in [1.54, 1.807) is 0 Å². The summed E-state index contributed by atoms with van der Waals surface area (Å²) in [5, 5.41) is 14.0. The van der Waals surface area contributed by atoms with E-state index in [9.17, 15) is 18.8 Å². The third-order valence-corrected chi connectivity index (χ3v) is 6.43. The lowest BCUT2D eigenvalue weighted by atomic mass is 9.98. The number of aliphatic carboxylic acids is 1. The van der Waals surface area contributed by atoms with E-state index in [0.29, 0.717) is 0 Å². The third kappa shape index (κ3) is 5.68. The molecule has 0 saturated carbocycles. The molecule has 2 amide bonds. The minimum atomic E-state index is -1.19. The summed E-state index contributed by atoms with van der Waals surface area (Å²) in [7, 11) is 0. The van der Waals surface area contributed by atoms with Gasteiger partial charge in [0.25, 0.3) is 0 Å². The highest BCUT2D eigenvalue weighted by atomic mass is 79.9. The molecule has 0 aromatic heterocycles. The number of carbonyl (C=O) groups excluding carboxylic acids is 2. The molecule has 1 aliphatic rings. The molecule has 3 N–H and O–H groups in total. The average Bonchev–Trinajstić information content (AvgIpc) is 3.16. The number of rotatable bonds is 8. The lowest BCUT2D eigenvalue weighted by Gasteiger charge is -2.19. The highest BCUT2D eigenvalue weighted by Gasteiger charge is 2.30. The third-order valence-electron chi connectivity index (χ3n) is 5.79. The number of alkyl carbamates (subject to hydrolysis) is 1. The van der Waals surface area contributed by atoms with Crippen molar-refractivity contribution in [1.82, 2.24) is 5.32 Å². The first-order valence-electron chi connectivity index (χ1n) is 10.9. The van der Waals surface area contributed by atoms with Gasteiger partial charge < -0.3 is 20.5 Å². The Labute approximate surface area is 209 Å². The Balaban J connectivity index is 1.43. The van der Waals surface area contributed by atoms with Crippen molar-refractivity contribution in [2.75, 3.05) is 11.9 Å². The summed E-state index contributed by atoms with van der Waals surface area (Å²) in [5.41, 5.74) is 4.42. The van der Waals surface area contributed by atoms with Gasteiger partial charge in [-0.3, -0.25) is 9.59 Å². The summed E-state index contributed by atoms with van der Waals surface area (Å²) in [4.78, 5) is 36.4. The molecule has 0 bridgehead atoms. The van der Waals surface area contributed by atoms with Gasteiger partial charge in [-0.05, 0) is 62.8 Å². The fraction of sp³-hybridized carbons (Fsp3) is 0.192. The van der Waals surface area contributed by atoms with Gasteiger partial charge in [0.2, 0.25) is 5.91 Å². The van der Waals surface area contributed by atoms with Crippen molar-refractivity contribution in [1.29, 1.82) is 0 Å². The Morgan fingerprint density at radius 1 is 1.00 bits per heavy atom. The maximum Gasteiger partial charge on any atom is 0.407 e. The van der Waals surface area contributed by atoms with Crippen LogP contribution in [0.4, 0.5) is 14.9 Å². The topological polar surface area (TPSA) is 105 Å². The van der Waals surface area contributed by atoms with Crippen molar-refractivity contribution in [2.45, 2.75) is 24.8 Å². The fourth-order valence-electron chi connectivity index (χ4n) is 4.12. The molecule has 3 aromatic rings. The zero-order valence-electron chi connectivity index (χ0n) is 18.5. The molecular formula is C26H22BrFN2O5. The van der Waals surface area contributed by atoms with Crippen LogP contribution >= 0.6 is 15.9 Å². The highest BCUT2D eigenvalue weighted by molar-refractivity contribution is 9.10. The number of fused-ring (bicyclic) bond motifs is 3. The van der Waals surface area contributed by atoms with Gasteiger partial charge in [0.05, 0.1) is 4.47 Å². The number of carbonyl (C=O) groups is 3. The molecule has 7 nitrogen and oxygen atoms in total. The molecule has 35 heavy (non-hydrogen) atoms. The van der Waals surface area contributed by atoms with Crippen molar-refractivity contribution >= 4 is 39.6 Å². The number of ether oxygens (including phenoxy) is 1. The molecule has 180 valence electrons. The number of nitrogens with one attached hydrogen (secondary N) is 2. The second kappa shape index (κ2) is 10.7. The Hall–Kier alpha value is -3.72. The number of amides is 2. The molecular weight excluding hydrogens is 519 g/mol. The second-order valence-corrected chi connectivity index (χ2v) is 8.93. The largest absolute Gasteiger partial charge is 0.481 e. The van der Waals surface area contributed by atoms with E-state index in [2.05, 4.69) is 26.6 Å². The molecule has 1 unspecified atom stereocenters. The van der Waals surface area contributed by atoms with Crippen LogP contribution in [0.2, 0.25) is 0 Å². The summed E-state index contributed by atoms with van der Waals surface area (Å²) in [6.07, 6.45) is -1.36. The predicted octanol–water partition coefficient (Wildman–Crippen LogP) is 5.30. The van der Waals surface area contributed by atoms with Gasteiger partial charge in [0.1, 0.15) is 18.5 Å². The molecule has 0 aliphatic heterocycles. The highest BCUT2D eigenvalue weighted by Crippen LogP contribution is 2.44. The zero-order chi connectivity index (χ0) is 24.9. The van der Waals surface area contributed by atoms with Crippen LogP contribution in [-0.2, 0) is 14.3 Å². The van der Waals surface area contributed by atoms with E-state index >= 15 is 0 Å². The van der Waals surface area contributed by atoms with Crippen LogP contribution in [-0.4, -0.2) is 35.7 Å². The van der Waals surface area contributed by atoms with Gasteiger partial charge in [-0.25, -0.2) is 9.18 Å². The number of hydrogen-bond donors (Lipinski definition) is 3. The van der Waals surface area contributed by atoms with Crippen molar-refractivity contribution in [3.05, 3.63) is 88.1 Å². The van der Waals surface area contributed by atoms with Crippen LogP contribution in [0.5, 0.6) is 0 Å². The minimum absolute atomic E-state index is 0.0467. The van der Waals surface area contributed by atoms with Gasteiger partial charge in [-0.1, -0.05) is 48.5 Å². The molecule has 3 aromatic carbocycles. The van der Waals surface area contributed by atoms with E-state index in [-0.39, 0.29) is 35.5 Å².